The van der Waals surface area contributed by atoms with Crippen molar-refractivity contribution < 1.29 is 9.18 Å². The molecular formula is C33H37FN6O2. The van der Waals surface area contributed by atoms with Crippen LogP contribution in [0.4, 0.5) is 10.2 Å². The minimum atomic E-state index is -0.522. The zero-order valence-corrected chi connectivity index (χ0v) is 25.3. The molecule has 1 aliphatic heterocycles. The largest absolute Gasteiger partial charge is 0.355 e. The molecule has 0 spiro atoms. The summed E-state index contributed by atoms with van der Waals surface area (Å²) >= 11 is 0. The van der Waals surface area contributed by atoms with E-state index < -0.39 is 11.5 Å². The van der Waals surface area contributed by atoms with Crippen molar-refractivity contribution in [2.75, 3.05) is 18.0 Å². The summed E-state index contributed by atoms with van der Waals surface area (Å²) in [6.45, 7) is 18.2. The van der Waals surface area contributed by atoms with Crippen LogP contribution in [0.2, 0.25) is 0 Å². The number of carbonyl (C=O) groups excluding carboxylic acids is 1. The Hall–Kier alpha value is -4.40. The van der Waals surface area contributed by atoms with Crippen molar-refractivity contribution in [3.63, 3.8) is 0 Å². The minimum Gasteiger partial charge on any atom is -0.349 e. The summed E-state index contributed by atoms with van der Waals surface area (Å²) in [5.74, 6) is -0.289. The molecule has 0 aliphatic carbocycles. The van der Waals surface area contributed by atoms with E-state index in [4.69, 9.17) is 4.98 Å². The Morgan fingerprint density at radius 3 is 2.38 bits per heavy atom. The van der Waals surface area contributed by atoms with Gasteiger partial charge in [-0.05, 0) is 75.4 Å². The second-order valence-electron chi connectivity index (χ2n) is 11.6. The highest BCUT2D eigenvalue weighted by molar-refractivity contribution is 5.91. The van der Waals surface area contributed by atoms with Crippen LogP contribution in [0.15, 0.2) is 54.0 Å². The van der Waals surface area contributed by atoms with Crippen molar-refractivity contribution in [3.05, 3.63) is 87.9 Å². The van der Waals surface area contributed by atoms with E-state index in [0.717, 1.165) is 22.4 Å². The van der Waals surface area contributed by atoms with Gasteiger partial charge < -0.3 is 9.80 Å². The number of aryl methyl sites for hydroxylation is 3. The van der Waals surface area contributed by atoms with E-state index in [-0.39, 0.29) is 29.6 Å². The topological polar surface area (TPSA) is 84.2 Å². The predicted molar refractivity (Wildman–Crippen MR) is 165 cm³/mol. The number of hydrogen-bond acceptors (Lipinski definition) is 6. The quantitative estimate of drug-likeness (QED) is 0.290. The molecule has 1 aromatic carbocycles. The highest BCUT2D eigenvalue weighted by Gasteiger charge is 2.34. The summed E-state index contributed by atoms with van der Waals surface area (Å²) in [6.07, 6.45) is 3.04. The predicted octanol–water partition coefficient (Wildman–Crippen LogP) is 5.64. The third kappa shape index (κ3) is 4.86. The lowest BCUT2D eigenvalue weighted by atomic mass is 9.98. The molecule has 0 unspecified atom stereocenters. The number of piperazine rings is 1. The van der Waals surface area contributed by atoms with Gasteiger partial charge in [-0.3, -0.25) is 9.78 Å². The van der Waals surface area contributed by atoms with E-state index in [1.807, 2.05) is 77.6 Å². The number of anilines is 1. The first kappa shape index (κ1) is 29.1. The molecule has 1 aliphatic rings. The molecule has 5 rings (SSSR count). The first-order valence-electron chi connectivity index (χ1n) is 14.3. The molecule has 3 aromatic heterocycles. The highest BCUT2D eigenvalue weighted by atomic mass is 19.1. The van der Waals surface area contributed by atoms with E-state index in [1.54, 1.807) is 11.1 Å². The Bertz CT molecular complexity index is 1760. The van der Waals surface area contributed by atoms with Crippen molar-refractivity contribution in [2.45, 2.75) is 66.5 Å². The second-order valence-corrected chi connectivity index (χ2v) is 11.6. The monoisotopic (exact) mass is 568 g/mol. The van der Waals surface area contributed by atoms with Gasteiger partial charge in [-0.15, -0.1) is 0 Å². The van der Waals surface area contributed by atoms with Crippen LogP contribution in [-0.2, 0) is 4.79 Å². The Morgan fingerprint density at radius 1 is 1.05 bits per heavy atom. The molecule has 4 aromatic rings. The molecule has 1 fully saturated rings. The smallest absolute Gasteiger partial charge is 0.349 e. The summed E-state index contributed by atoms with van der Waals surface area (Å²) < 4.78 is 17.6. The first-order valence-corrected chi connectivity index (χ1v) is 14.3. The molecule has 1 saturated heterocycles. The summed E-state index contributed by atoms with van der Waals surface area (Å²) in [5, 5.41) is 0.419. The number of benzene rings is 1. The molecular weight excluding hydrogens is 531 g/mol. The number of carbonyl (C=O) groups is 1. The molecule has 0 N–H and O–H groups in total. The van der Waals surface area contributed by atoms with E-state index in [1.165, 1.54) is 16.7 Å². The zero-order chi connectivity index (χ0) is 30.5. The number of rotatable bonds is 5. The maximum Gasteiger partial charge on any atom is 0.355 e. The van der Waals surface area contributed by atoms with Crippen molar-refractivity contribution >= 4 is 22.8 Å². The van der Waals surface area contributed by atoms with Gasteiger partial charge in [0.25, 0.3) is 0 Å². The molecule has 42 heavy (non-hydrogen) atoms. The minimum absolute atomic E-state index is 0.0106. The Labute approximate surface area is 245 Å². The van der Waals surface area contributed by atoms with Gasteiger partial charge in [0.2, 0.25) is 5.91 Å². The van der Waals surface area contributed by atoms with Crippen molar-refractivity contribution in [3.8, 4) is 16.9 Å². The third-order valence-corrected chi connectivity index (χ3v) is 8.16. The van der Waals surface area contributed by atoms with Crippen LogP contribution < -0.4 is 10.6 Å². The Balaban J connectivity index is 1.85. The normalized spacial score (nSPS) is 17.3. The van der Waals surface area contributed by atoms with Crippen molar-refractivity contribution in [1.82, 2.24) is 24.4 Å². The maximum absolute atomic E-state index is 16.1. The molecule has 1 amide bonds. The number of aromatic nitrogens is 4. The molecule has 4 heterocycles. The van der Waals surface area contributed by atoms with Crippen LogP contribution >= 0.6 is 0 Å². The van der Waals surface area contributed by atoms with Gasteiger partial charge >= 0.3 is 5.69 Å². The van der Waals surface area contributed by atoms with Crippen LogP contribution in [0.25, 0.3) is 28.0 Å². The SMILES string of the molecule is C=CC(=O)N1C[C@H](C)N(c2nc(=O)n(-c3c(C)ccnc3C(C)C)c3nc(-c4c(C)cccc4C)c(F)cc23)C[C@H]1C. The molecule has 9 heteroatoms. The summed E-state index contributed by atoms with van der Waals surface area (Å²) in [7, 11) is 0. The van der Waals surface area contributed by atoms with Crippen LogP contribution in [-0.4, -0.2) is 55.5 Å². The number of halogens is 1. The van der Waals surface area contributed by atoms with Crippen molar-refractivity contribution in [1.29, 1.82) is 0 Å². The fourth-order valence-corrected chi connectivity index (χ4v) is 6.02. The first-order chi connectivity index (χ1) is 19.9. The molecule has 0 saturated carbocycles. The van der Waals surface area contributed by atoms with Crippen LogP contribution in [0.1, 0.15) is 56.0 Å². The Morgan fingerprint density at radius 2 is 1.74 bits per heavy atom. The molecule has 2 atom stereocenters. The number of amides is 1. The molecule has 8 nitrogen and oxygen atoms in total. The summed E-state index contributed by atoms with van der Waals surface area (Å²) in [4.78, 5) is 44.4. The van der Waals surface area contributed by atoms with E-state index in [2.05, 4.69) is 16.5 Å². The van der Waals surface area contributed by atoms with E-state index >= 15 is 4.39 Å². The zero-order valence-electron chi connectivity index (χ0n) is 25.3. The number of pyridine rings is 2. The average Bonchev–Trinajstić information content (AvgIpc) is 2.94. The maximum atomic E-state index is 16.1. The summed E-state index contributed by atoms with van der Waals surface area (Å²) in [6, 6.07) is 8.71. The van der Waals surface area contributed by atoms with Gasteiger partial charge in [0.1, 0.15) is 17.3 Å². The van der Waals surface area contributed by atoms with Crippen molar-refractivity contribution in [2.24, 2.45) is 0 Å². The fraction of sp³-hybridized carbons (Fsp3) is 0.364. The average molecular weight is 569 g/mol. The van der Waals surface area contributed by atoms with Gasteiger partial charge in [-0.25, -0.2) is 18.7 Å². The van der Waals surface area contributed by atoms with Crippen LogP contribution in [0.3, 0.4) is 0 Å². The Kier molecular flexibility index (Phi) is 7.70. The second kappa shape index (κ2) is 11.1. The van der Waals surface area contributed by atoms with Crippen LogP contribution in [0, 0.1) is 26.6 Å². The van der Waals surface area contributed by atoms with Gasteiger partial charge in [-0.1, -0.05) is 38.6 Å². The lowest BCUT2D eigenvalue weighted by Crippen LogP contribution is -2.58. The number of fused-ring (bicyclic) bond motifs is 1. The van der Waals surface area contributed by atoms with Gasteiger partial charge in [0.15, 0.2) is 5.65 Å². The molecule has 218 valence electrons. The molecule has 0 bridgehead atoms. The fourth-order valence-electron chi connectivity index (χ4n) is 6.02. The van der Waals surface area contributed by atoms with Gasteiger partial charge in [0, 0.05) is 36.9 Å². The molecule has 0 radical (unpaired) electrons. The summed E-state index contributed by atoms with van der Waals surface area (Å²) in [5.41, 5.74) is 4.60. The van der Waals surface area contributed by atoms with E-state index in [0.29, 0.717) is 41.2 Å². The third-order valence-electron chi connectivity index (χ3n) is 8.16. The van der Waals surface area contributed by atoms with Crippen LogP contribution in [0.5, 0.6) is 0 Å². The van der Waals surface area contributed by atoms with E-state index in [9.17, 15) is 9.59 Å². The lowest BCUT2D eigenvalue weighted by Gasteiger charge is -2.44. The van der Waals surface area contributed by atoms with Gasteiger partial charge in [0.05, 0.1) is 16.8 Å². The highest BCUT2D eigenvalue weighted by Crippen LogP contribution is 2.35. The lowest BCUT2D eigenvalue weighted by molar-refractivity contribution is -0.128. The number of nitrogens with zero attached hydrogens (tertiary/aromatic N) is 6. The number of hydrogen-bond donors (Lipinski definition) is 0. The van der Waals surface area contributed by atoms with Gasteiger partial charge in [-0.2, -0.15) is 4.98 Å². The standard InChI is InChI=1S/C33H37FN6O2/c1-9-26(41)38-16-23(8)39(17-22(38)7)31-24-15-25(34)29(27-19(4)11-10-12-20(27)5)36-32(24)40(33(42)37-31)30-21(6)13-14-35-28(30)18(2)3/h9-15,18,22-23H,1,16-17H2,2-8H3/t22-,23+/m1/s1.